The van der Waals surface area contributed by atoms with E-state index < -0.39 is 5.97 Å². The van der Waals surface area contributed by atoms with Gasteiger partial charge in [-0.05, 0) is 19.1 Å². The zero-order chi connectivity index (χ0) is 14.3. The van der Waals surface area contributed by atoms with Gasteiger partial charge in [-0.25, -0.2) is 9.78 Å². The fourth-order valence-corrected chi connectivity index (χ4v) is 2.99. The number of carbonyl (C=O) groups is 1. The Balaban J connectivity index is 2.36. The van der Waals surface area contributed by atoms with Crippen molar-refractivity contribution in [2.75, 3.05) is 6.61 Å². The molecular formula is C13H9ClN2O3S. The number of fused-ring (bicyclic) bond motifs is 2. The first-order valence-electron chi connectivity index (χ1n) is 5.88. The largest absolute Gasteiger partial charge is 0.462 e. The van der Waals surface area contributed by atoms with Gasteiger partial charge in [0.2, 0.25) is 0 Å². The summed E-state index contributed by atoms with van der Waals surface area (Å²) in [5.41, 5.74) is 0.355. The number of halogens is 1. The van der Waals surface area contributed by atoms with Crippen molar-refractivity contribution in [3.8, 4) is 0 Å². The third-order valence-electron chi connectivity index (χ3n) is 2.85. The van der Waals surface area contributed by atoms with Crippen LogP contribution in [-0.4, -0.2) is 22.0 Å². The molecule has 0 radical (unpaired) electrons. The summed E-state index contributed by atoms with van der Waals surface area (Å²) in [5.74, 6) is -0.547. The number of nitrogens with zero attached hydrogens (tertiary/aromatic N) is 2. The zero-order valence-electron chi connectivity index (χ0n) is 10.4. The number of hydrogen-bond acceptors (Lipinski definition) is 5. The van der Waals surface area contributed by atoms with Crippen molar-refractivity contribution in [2.45, 2.75) is 6.92 Å². The van der Waals surface area contributed by atoms with Crippen LogP contribution in [0.2, 0.25) is 5.02 Å². The van der Waals surface area contributed by atoms with Gasteiger partial charge in [0.05, 0.1) is 28.1 Å². The molecule has 0 bridgehead atoms. The van der Waals surface area contributed by atoms with Crippen LogP contribution in [0, 0.1) is 0 Å². The van der Waals surface area contributed by atoms with Gasteiger partial charge in [0.25, 0.3) is 5.56 Å². The molecule has 0 spiro atoms. The number of rotatable bonds is 2. The van der Waals surface area contributed by atoms with Crippen LogP contribution in [0.15, 0.2) is 28.5 Å². The van der Waals surface area contributed by atoms with Gasteiger partial charge in [-0.1, -0.05) is 11.6 Å². The van der Waals surface area contributed by atoms with Crippen molar-refractivity contribution in [2.24, 2.45) is 0 Å². The van der Waals surface area contributed by atoms with Crippen molar-refractivity contribution >= 4 is 44.8 Å². The quantitative estimate of drug-likeness (QED) is 0.683. The van der Waals surface area contributed by atoms with Gasteiger partial charge in [-0.15, -0.1) is 11.3 Å². The molecule has 7 heteroatoms. The Morgan fingerprint density at radius 1 is 1.50 bits per heavy atom. The Bertz CT molecular complexity index is 884. The van der Waals surface area contributed by atoms with E-state index in [1.807, 2.05) is 0 Å². The smallest absolute Gasteiger partial charge is 0.339 e. The van der Waals surface area contributed by atoms with Crippen LogP contribution in [0.3, 0.4) is 0 Å². The van der Waals surface area contributed by atoms with Gasteiger partial charge in [0, 0.05) is 11.6 Å². The second-order valence-electron chi connectivity index (χ2n) is 4.01. The molecule has 0 saturated heterocycles. The van der Waals surface area contributed by atoms with Crippen LogP contribution >= 0.6 is 22.9 Å². The maximum atomic E-state index is 12.4. The Hall–Kier alpha value is -1.92. The molecule has 1 aromatic carbocycles. The summed E-state index contributed by atoms with van der Waals surface area (Å²) in [6.45, 7) is 1.95. The third-order valence-corrected chi connectivity index (χ3v) is 4.00. The fourth-order valence-electron chi connectivity index (χ4n) is 1.96. The van der Waals surface area contributed by atoms with Crippen molar-refractivity contribution in [1.82, 2.24) is 9.38 Å². The topological polar surface area (TPSA) is 60.7 Å². The molecule has 0 saturated carbocycles. The summed E-state index contributed by atoms with van der Waals surface area (Å²) in [4.78, 5) is 29.1. The minimum Gasteiger partial charge on any atom is -0.462 e. The van der Waals surface area contributed by atoms with Crippen LogP contribution < -0.4 is 5.56 Å². The van der Waals surface area contributed by atoms with Gasteiger partial charge in [0.15, 0.2) is 4.96 Å². The molecule has 0 unspecified atom stereocenters. The van der Waals surface area contributed by atoms with Gasteiger partial charge < -0.3 is 4.74 Å². The van der Waals surface area contributed by atoms with Gasteiger partial charge in [-0.3, -0.25) is 9.20 Å². The normalized spacial score (nSPS) is 11.1. The predicted octanol–water partition coefficient (Wildman–Crippen LogP) is 2.74. The number of thiazole rings is 1. The average Bonchev–Trinajstić information content (AvgIpc) is 2.87. The highest BCUT2D eigenvalue weighted by Gasteiger charge is 2.18. The lowest BCUT2D eigenvalue weighted by Gasteiger charge is -2.06. The number of aromatic nitrogens is 2. The molecule has 102 valence electrons. The molecule has 0 fully saturated rings. The number of benzene rings is 1. The maximum absolute atomic E-state index is 12.4. The lowest BCUT2D eigenvalue weighted by Crippen LogP contribution is -2.15. The second-order valence-corrected chi connectivity index (χ2v) is 5.27. The Morgan fingerprint density at radius 2 is 2.30 bits per heavy atom. The molecule has 3 rings (SSSR count). The highest BCUT2D eigenvalue weighted by molar-refractivity contribution is 7.15. The summed E-state index contributed by atoms with van der Waals surface area (Å²) in [6, 6.07) is 3.13. The molecule has 0 aliphatic heterocycles. The molecule has 0 atom stereocenters. The fraction of sp³-hybridized carbons (Fsp3) is 0.154. The average molecular weight is 309 g/mol. The zero-order valence-corrected chi connectivity index (χ0v) is 12.0. The number of carbonyl (C=O) groups excluding carboxylic acids is 1. The van der Waals surface area contributed by atoms with E-state index in [2.05, 4.69) is 4.98 Å². The van der Waals surface area contributed by atoms with E-state index in [-0.39, 0.29) is 28.1 Å². The van der Waals surface area contributed by atoms with E-state index in [0.717, 1.165) is 0 Å². The lowest BCUT2D eigenvalue weighted by atomic mass is 10.1. The lowest BCUT2D eigenvalue weighted by molar-refractivity contribution is 0.0527. The van der Waals surface area contributed by atoms with Crippen molar-refractivity contribution in [3.05, 3.63) is 44.6 Å². The first-order chi connectivity index (χ1) is 9.63. The summed E-state index contributed by atoms with van der Waals surface area (Å²) in [6.07, 6.45) is 1.63. The van der Waals surface area contributed by atoms with Gasteiger partial charge in [-0.2, -0.15) is 0 Å². The standard InChI is InChI=1S/C13H9ClN2O3S/c1-2-19-12(18)7-3-4-8-9(10(7)14)11(17)16-5-6-20-13(16)15-8/h3-6H,2H2,1H3. The molecule has 20 heavy (non-hydrogen) atoms. The van der Waals surface area contributed by atoms with Crippen molar-refractivity contribution < 1.29 is 9.53 Å². The molecule has 0 aliphatic rings. The van der Waals surface area contributed by atoms with E-state index in [0.29, 0.717) is 10.5 Å². The summed E-state index contributed by atoms with van der Waals surface area (Å²) >= 11 is 7.55. The van der Waals surface area contributed by atoms with Crippen molar-refractivity contribution in [1.29, 1.82) is 0 Å². The molecular weight excluding hydrogens is 300 g/mol. The minimum atomic E-state index is -0.547. The molecule has 2 heterocycles. The van der Waals surface area contributed by atoms with E-state index in [1.165, 1.54) is 21.8 Å². The molecule has 0 amide bonds. The van der Waals surface area contributed by atoms with Crippen LogP contribution in [-0.2, 0) is 4.74 Å². The van der Waals surface area contributed by atoms with E-state index in [9.17, 15) is 9.59 Å². The summed E-state index contributed by atoms with van der Waals surface area (Å²) in [5, 5.41) is 2.08. The monoisotopic (exact) mass is 308 g/mol. The first kappa shape index (κ1) is 13.1. The highest BCUT2D eigenvalue weighted by atomic mass is 35.5. The first-order valence-corrected chi connectivity index (χ1v) is 7.14. The van der Waals surface area contributed by atoms with Crippen LogP contribution in [0.1, 0.15) is 17.3 Å². The highest BCUT2D eigenvalue weighted by Crippen LogP contribution is 2.25. The van der Waals surface area contributed by atoms with Crippen LogP contribution in [0.5, 0.6) is 0 Å². The Kier molecular flexibility index (Phi) is 3.19. The van der Waals surface area contributed by atoms with Crippen LogP contribution in [0.25, 0.3) is 15.9 Å². The Labute approximate surface area is 122 Å². The maximum Gasteiger partial charge on any atom is 0.339 e. The SMILES string of the molecule is CCOC(=O)c1ccc2nc3sccn3c(=O)c2c1Cl. The number of esters is 1. The predicted molar refractivity (Wildman–Crippen MR) is 77.8 cm³/mol. The van der Waals surface area contributed by atoms with Gasteiger partial charge in [0.1, 0.15) is 0 Å². The number of hydrogen-bond donors (Lipinski definition) is 0. The molecule has 0 N–H and O–H groups in total. The van der Waals surface area contributed by atoms with E-state index >= 15 is 0 Å². The van der Waals surface area contributed by atoms with Gasteiger partial charge >= 0.3 is 5.97 Å². The molecule has 0 aliphatic carbocycles. The van der Waals surface area contributed by atoms with E-state index in [1.54, 1.807) is 24.6 Å². The number of ether oxygens (including phenoxy) is 1. The molecule has 3 aromatic rings. The third kappa shape index (κ3) is 1.88. The second kappa shape index (κ2) is 4.88. The van der Waals surface area contributed by atoms with Crippen LogP contribution in [0.4, 0.5) is 0 Å². The summed E-state index contributed by atoms with van der Waals surface area (Å²) in [7, 11) is 0. The molecule has 2 aromatic heterocycles. The Morgan fingerprint density at radius 3 is 3.05 bits per heavy atom. The molecule has 5 nitrogen and oxygen atoms in total. The minimum absolute atomic E-state index is 0.0825. The van der Waals surface area contributed by atoms with Crippen molar-refractivity contribution in [3.63, 3.8) is 0 Å². The van der Waals surface area contributed by atoms with E-state index in [4.69, 9.17) is 16.3 Å². The summed E-state index contributed by atoms with van der Waals surface area (Å²) < 4.78 is 6.33.